The minimum Gasteiger partial charge on any atom is -0.481 e. The molecule has 8 heteroatoms. The number of fused-ring (bicyclic) bond motifs is 1. The summed E-state index contributed by atoms with van der Waals surface area (Å²) < 4.78 is 1.12. The number of aliphatic carboxylic acids is 1. The molecule has 0 aliphatic carbocycles. The number of likely N-dealkylation sites (N-methyl/N-ethyl adjacent to an activating group) is 1. The van der Waals surface area contributed by atoms with E-state index < -0.39 is 5.97 Å². The number of piperazine rings is 1. The van der Waals surface area contributed by atoms with Crippen LogP contribution in [0.3, 0.4) is 0 Å². The second kappa shape index (κ2) is 9.32. The largest absolute Gasteiger partial charge is 0.481 e. The second-order valence-corrected chi connectivity index (χ2v) is 8.54. The van der Waals surface area contributed by atoms with Crippen molar-refractivity contribution in [2.24, 2.45) is 0 Å². The Morgan fingerprint density at radius 3 is 2.57 bits per heavy atom. The number of hydrogen-bond donors (Lipinski definition) is 1. The molecular formula is C22H25N5O2S. The maximum absolute atomic E-state index is 11.0. The highest BCUT2D eigenvalue weighted by molar-refractivity contribution is 7.19. The first-order chi connectivity index (χ1) is 14.6. The monoisotopic (exact) mass is 423 g/mol. The Kier molecular flexibility index (Phi) is 6.35. The molecule has 0 atom stereocenters. The average Bonchev–Trinajstić information content (AvgIpc) is 3.18. The Hall–Kier alpha value is -2.84. The van der Waals surface area contributed by atoms with Gasteiger partial charge in [0, 0.05) is 50.6 Å². The summed E-state index contributed by atoms with van der Waals surface area (Å²) in [5.74, 6) is -0.0221. The van der Waals surface area contributed by atoms with Crippen LogP contribution < -0.4 is 4.90 Å². The molecule has 0 bridgehead atoms. The Morgan fingerprint density at radius 2 is 1.87 bits per heavy atom. The van der Waals surface area contributed by atoms with Crippen LogP contribution in [0.25, 0.3) is 21.9 Å². The van der Waals surface area contributed by atoms with E-state index in [4.69, 9.17) is 10.1 Å². The van der Waals surface area contributed by atoms with Crippen LogP contribution in [0.2, 0.25) is 0 Å². The molecule has 30 heavy (non-hydrogen) atoms. The Balaban J connectivity index is 1.56. The number of nitrogens with zero attached hydrogens (tertiary/aromatic N) is 5. The predicted octanol–water partition coefficient (Wildman–Crippen LogP) is 3.63. The summed E-state index contributed by atoms with van der Waals surface area (Å²) in [7, 11) is 2.13. The fourth-order valence-electron chi connectivity index (χ4n) is 3.46. The van der Waals surface area contributed by atoms with Gasteiger partial charge in [-0.15, -0.1) is 11.3 Å². The van der Waals surface area contributed by atoms with Gasteiger partial charge < -0.3 is 14.9 Å². The lowest BCUT2D eigenvalue weighted by Gasteiger charge is -2.32. The van der Waals surface area contributed by atoms with E-state index in [9.17, 15) is 4.79 Å². The molecule has 0 amide bonds. The predicted molar refractivity (Wildman–Crippen MR) is 121 cm³/mol. The topological polar surface area (TPSA) is 82.5 Å². The number of anilines is 1. The van der Waals surface area contributed by atoms with Crippen molar-refractivity contribution in [1.29, 1.82) is 0 Å². The molecule has 0 saturated carbocycles. The summed E-state index contributed by atoms with van der Waals surface area (Å²) in [6, 6.07) is 8.03. The third-order valence-corrected chi connectivity index (χ3v) is 6.30. The molecule has 3 heterocycles. The van der Waals surface area contributed by atoms with Gasteiger partial charge in [-0.25, -0.2) is 15.0 Å². The van der Waals surface area contributed by atoms with Crippen molar-refractivity contribution >= 4 is 45.1 Å². The van der Waals surface area contributed by atoms with E-state index in [1.807, 2.05) is 36.7 Å². The SMILES string of the molecule is CN1CCN(c2ncc(C=C(CCCC(=O)O)c3nc4ccccc4s3)cn2)CC1. The van der Waals surface area contributed by atoms with Crippen LogP contribution >= 0.6 is 11.3 Å². The van der Waals surface area contributed by atoms with Crippen LogP contribution in [-0.2, 0) is 4.79 Å². The van der Waals surface area contributed by atoms with Gasteiger partial charge >= 0.3 is 5.97 Å². The molecular weight excluding hydrogens is 398 g/mol. The van der Waals surface area contributed by atoms with Gasteiger partial charge in [0.1, 0.15) is 5.01 Å². The van der Waals surface area contributed by atoms with Crippen molar-refractivity contribution in [3.8, 4) is 0 Å². The van der Waals surface area contributed by atoms with Gasteiger partial charge in [-0.1, -0.05) is 12.1 Å². The summed E-state index contributed by atoms with van der Waals surface area (Å²) in [6.07, 6.45) is 7.06. The summed E-state index contributed by atoms with van der Waals surface area (Å²) in [5.41, 5.74) is 2.88. The lowest BCUT2D eigenvalue weighted by atomic mass is 10.1. The normalized spacial score (nSPS) is 15.6. The number of carboxylic acids is 1. The van der Waals surface area contributed by atoms with Gasteiger partial charge in [0.25, 0.3) is 0 Å². The average molecular weight is 424 g/mol. The molecule has 7 nitrogen and oxygen atoms in total. The lowest BCUT2D eigenvalue weighted by molar-refractivity contribution is -0.137. The fraction of sp³-hybridized carbons (Fsp3) is 0.364. The number of carbonyl (C=O) groups is 1. The number of thiazole rings is 1. The maximum atomic E-state index is 11.0. The first-order valence-corrected chi connectivity index (χ1v) is 10.9. The molecule has 0 unspecified atom stereocenters. The molecule has 3 aromatic rings. The van der Waals surface area contributed by atoms with E-state index in [0.717, 1.165) is 58.5 Å². The smallest absolute Gasteiger partial charge is 0.303 e. The minimum absolute atomic E-state index is 0.140. The minimum atomic E-state index is -0.779. The quantitative estimate of drug-likeness (QED) is 0.621. The molecule has 1 N–H and O–H groups in total. The second-order valence-electron chi connectivity index (χ2n) is 7.51. The van der Waals surface area contributed by atoms with Crippen LogP contribution in [-0.4, -0.2) is 64.2 Å². The fourth-order valence-corrected chi connectivity index (χ4v) is 4.47. The molecule has 1 saturated heterocycles. The van der Waals surface area contributed by atoms with Crippen molar-refractivity contribution in [1.82, 2.24) is 19.9 Å². The molecule has 2 aromatic heterocycles. The number of benzene rings is 1. The molecule has 156 valence electrons. The molecule has 4 rings (SSSR count). The molecule has 0 radical (unpaired) electrons. The number of rotatable bonds is 7. The van der Waals surface area contributed by atoms with Gasteiger partial charge in [-0.05, 0) is 43.7 Å². The van der Waals surface area contributed by atoms with E-state index in [2.05, 4.69) is 32.9 Å². The van der Waals surface area contributed by atoms with Gasteiger partial charge in [0.15, 0.2) is 0 Å². The van der Waals surface area contributed by atoms with Crippen molar-refractivity contribution in [2.75, 3.05) is 38.1 Å². The van der Waals surface area contributed by atoms with Crippen LogP contribution in [0, 0.1) is 0 Å². The Labute approximate surface area is 179 Å². The Morgan fingerprint density at radius 1 is 1.13 bits per heavy atom. The first-order valence-electron chi connectivity index (χ1n) is 10.1. The zero-order valence-electron chi connectivity index (χ0n) is 17.0. The molecule has 1 fully saturated rings. The van der Waals surface area contributed by atoms with Gasteiger partial charge in [0.05, 0.1) is 10.2 Å². The molecule has 0 spiro atoms. The molecule has 1 aliphatic rings. The molecule has 1 aliphatic heterocycles. The summed E-state index contributed by atoms with van der Waals surface area (Å²) in [6.45, 7) is 3.88. The zero-order chi connectivity index (χ0) is 20.9. The van der Waals surface area contributed by atoms with Crippen LogP contribution in [0.4, 0.5) is 5.95 Å². The number of allylic oxidation sites excluding steroid dienone is 1. The third kappa shape index (κ3) is 5.01. The van der Waals surface area contributed by atoms with Gasteiger partial charge in [-0.3, -0.25) is 4.79 Å². The van der Waals surface area contributed by atoms with E-state index in [-0.39, 0.29) is 6.42 Å². The van der Waals surface area contributed by atoms with Crippen molar-refractivity contribution in [2.45, 2.75) is 19.3 Å². The van der Waals surface area contributed by atoms with Crippen molar-refractivity contribution in [3.63, 3.8) is 0 Å². The van der Waals surface area contributed by atoms with Crippen LogP contribution in [0.1, 0.15) is 29.8 Å². The highest BCUT2D eigenvalue weighted by Crippen LogP contribution is 2.31. The third-order valence-electron chi connectivity index (χ3n) is 5.19. The number of carboxylic acid groups (broad SMARTS) is 1. The number of para-hydroxylation sites is 1. The summed E-state index contributed by atoms with van der Waals surface area (Å²) in [4.78, 5) is 29.4. The van der Waals surface area contributed by atoms with Crippen molar-refractivity contribution < 1.29 is 9.90 Å². The van der Waals surface area contributed by atoms with Gasteiger partial charge in [0.2, 0.25) is 5.95 Å². The van der Waals surface area contributed by atoms with E-state index in [1.165, 1.54) is 0 Å². The Bertz CT molecular complexity index is 1010. The number of hydrogen-bond acceptors (Lipinski definition) is 7. The molecule has 1 aromatic carbocycles. The number of aromatic nitrogens is 3. The van der Waals surface area contributed by atoms with E-state index in [0.29, 0.717) is 12.8 Å². The van der Waals surface area contributed by atoms with Crippen LogP contribution in [0.15, 0.2) is 36.7 Å². The van der Waals surface area contributed by atoms with Crippen molar-refractivity contribution in [3.05, 3.63) is 47.2 Å². The van der Waals surface area contributed by atoms with Gasteiger partial charge in [-0.2, -0.15) is 0 Å². The zero-order valence-corrected chi connectivity index (χ0v) is 17.8. The highest BCUT2D eigenvalue weighted by atomic mass is 32.1. The summed E-state index contributed by atoms with van der Waals surface area (Å²) in [5, 5.41) is 9.93. The van der Waals surface area contributed by atoms with E-state index in [1.54, 1.807) is 11.3 Å². The first kappa shape index (κ1) is 20.4. The van der Waals surface area contributed by atoms with Crippen LogP contribution in [0.5, 0.6) is 0 Å². The lowest BCUT2D eigenvalue weighted by Crippen LogP contribution is -2.45. The maximum Gasteiger partial charge on any atom is 0.303 e. The highest BCUT2D eigenvalue weighted by Gasteiger charge is 2.16. The summed E-state index contributed by atoms with van der Waals surface area (Å²) >= 11 is 1.63. The van der Waals surface area contributed by atoms with E-state index >= 15 is 0 Å². The standard InChI is InChI=1S/C22H25N5O2S/c1-26-9-11-27(12-10-26)22-23-14-16(15-24-22)13-17(5-4-8-20(28)29)21-25-18-6-2-3-7-19(18)30-21/h2-3,6-7,13-15H,4-5,8-12H2,1H3,(H,28,29).